The molecule has 4 nitrogen and oxygen atoms in total. The fourth-order valence-electron chi connectivity index (χ4n) is 3.56. The lowest BCUT2D eigenvalue weighted by Gasteiger charge is -2.35. The molecular weight excluding hydrogens is 314 g/mol. The lowest BCUT2D eigenvalue weighted by Crippen LogP contribution is -2.46. The predicted octanol–water partition coefficient (Wildman–Crippen LogP) is 2.69. The Labute approximate surface area is 139 Å². The summed E-state index contributed by atoms with van der Waals surface area (Å²) in [6.07, 6.45) is 2.84. The van der Waals surface area contributed by atoms with E-state index in [4.69, 9.17) is 0 Å². The minimum Gasteiger partial charge on any atom is -0.336 e. The highest BCUT2D eigenvalue weighted by Crippen LogP contribution is 2.37. The van der Waals surface area contributed by atoms with Gasteiger partial charge in [0.15, 0.2) is 0 Å². The van der Waals surface area contributed by atoms with Gasteiger partial charge < -0.3 is 9.80 Å². The second-order valence-electron chi connectivity index (χ2n) is 6.35. The highest BCUT2D eigenvalue weighted by molar-refractivity contribution is 5.88. The molecule has 2 aliphatic rings. The van der Waals surface area contributed by atoms with E-state index in [1.165, 1.54) is 17.0 Å². The molecule has 0 N–H and O–H groups in total. The van der Waals surface area contributed by atoms with Crippen molar-refractivity contribution < 1.29 is 18.4 Å². The van der Waals surface area contributed by atoms with Crippen LogP contribution in [0.25, 0.3) is 0 Å². The maximum Gasteiger partial charge on any atom is 0.290 e. The number of carbonyl (C=O) groups excluding carboxylic acids is 2. The van der Waals surface area contributed by atoms with E-state index in [-0.39, 0.29) is 36.4 Å². The van der Waals surface area contributed by atoms with Crippen LogP contribution in [0.1, 0.15) is 30.4 Å². The van der Waals surface area contributed by atoms with Crippen molar-refractivity contribution in [3.8, 4) is 0 Å². The van der Waals surface area contributed by atoms with Gasteiger partial charge in [-0.3, -0.25) is 9.59 Å². The molecule has 0 saturated carbocycles. The van der Waals surface area contributed by atoms with Gasteiger partial charge in [0.25, 0.3) is 5.92 Å². The van der Waals surface area contributed by atoms with E-state index in [1.54, 1.807) is 23.1 Å². The molecule has 2 aliphatic heterocycles. The van der Waals surface area contributed by atoms with Gasteiger partial charge in [0.05, 0.1) is 6.54 Å². The lowest BCUT2D eigenvalue weighted by atomic mass is 9.96. The van der Waals surface area contributed by atoms with Crippen LogP contribution in [0.2, 0.25) is 0 Å². The third-order valence-corrected chi connectivity index (χ3v) is 4.76. The van der Waals surface area contributed by atoms with Gasteiger partial charge in [0, 0.05) is 31.1 Å². The highest BCUT2D eigenvalue weighted by Gasteiger charge is 2.42. The van der Waals surface area contributed by atoms with Crippen LogP contribution in [-0.4, -0.2) is 40.7 Å². The first-order valence-electron chi connectivity index (χ1n) is 8.09. The molecule has 2 amide bonds. The van der Waals surface area contributed by atoms with Crippen LogP contribution in [0, 0.1) is 0 Å². The molecule has 1 saturated heterocycles. The average Bonchev–Trinajstić information content (AvgIpc) is 3.01. The zero-order chi connectivity index (χ0) is 17.3. The van der Waals surface area contributed by atoms with Gasteiger partial charge in [-0.25, -0.2) is 0 Å². The summed E-state index contributed by atoms with van der Waals surface area (Å²) in [6.45, 7) is 3.63. The number of halogens is 2. The Bertz CT molecular complexity index is 675. The Balaban J connectivity index is 1.72. The molecule has 1 atom stereocenters. The number of amides is 2. The molecule has 3 rings (SSSR count). The van der Waals surface area contributed by atoms with Crippen LogP contribution in [0.5, 0.6) is 0 Å². The topological polar surface area (TPSA) is 40.6 Å². The fraction of sp³-hybridized carbons (Fsp3) is 0.444. The van der Waals surface area contributed by atoms with Crippen LogP contribution in [0.15, 0.2) is 36.9 Å². The van der Waals surface area contributed by atoms with E-state index in [9.17, 15) is 18.4 Å². The molecular formula is C18H20F2N2O2. The molecule has 0 bridgehead atoms. The molecule has 24 heavy (non-hydrogen) atoms. The average molecular weight is 334 g/mol. The second-order valence-corrected chi connectivity index (χ2v) is 6.35. The molecule has 0 spiro atoms. The minimum absolute atomic E-state index is 0.00150. The summed E-state index contributed by atoms with van der Waals surface area (Å²) in [6, 6.07) is 6.10. The smallest absolute Gasteiger partial charge is 0.290 e. The number of alkyl halides is 2. The normalized spacial score (nSPS) is 22.2. The maximum atomic E-state index is 14.3. The van der Waals surface area contributed by atoms with E-state index in [2.05, 4.69) is 6.58 Å². The summed E-state index contributed by atoms with van der Waals surface area (Å²) < 4.78 is 28.6. The van der Waals surface area contributed by atoms with Crippen molar-refractivity contribution in [1.82, 2.24) is 9.80 Å². The third kappa shape index (κ3) is 3.05. The Morgan fingerprint density at radius 2 is 2.08 bits per heavy atom. The standard InChI is InChI=1S/C18H20F2N2O2/c1-2-16(23)22-9-5-7-14(22)10-17(24)21-11-13-6-3-4-8-15(13)18(19,20)12-21/h2-4,6,8,14H,1,5,7,9-12H2/t14-/m1/s1. The SMILES string of the molecule is C=CC(=O)N1CCC[C@@H]1CC(=O)N1Cc2ccccc2C(F)(F)C1. The number of benzene rings is 1. The summed E-state index contributed by atoms with van der Waals surface area (Å²) in [5.41, 5.74) is 0.478. The fourth-order valence-corrected chi connectivity index (χ4v) is 3.56. The number of rotatable bonds is 3. The third-order valence-electron chi connectivity index (χ3n) is 4.76. The largest absolute Gasteiger partial charge is 0.336 e. The summed E-state index contributed by atoms with van der Waals surface area (Å²) in [5.74, 6) is -3.59. The van der Waals surface area contributed by atoms with Crippen LogP contribution in [-0.2, 0) is 22.1 Å². The minimum atomic E-state index is -3.04. The Morgan fingerprint density at radius 3 is 2.83 bits per heavy atom. The number of carbonyl (C=O) groups is 2. The van der Waals surface area contributed by atoms with Crippen LogP contribution >= 0.6 is 0 Å². The molecule has 0 aromatic heterocycles. The zero-order valence-electron chi connectivity index (χ0n) is 13.4. The van der Waals surface area contributed by atoms with E-state index in [1.807, 2.05) is 0 Å². The van der Waals surface area contributed by atoms with Crippen molar-refractivity contribution in [2.24, 2.45) is 0 Å². The van der Waals surface area contributed by atoms with Crippen molar-refractivity contribution in [3.05, 3.63) is 48.0 Å². The summed E-state index contributed by atoms with van der Waals surface area (Å²) >= 11 is 0. The van der Waals surface area contributed by atoms with Crippen molar-refractivity contribution in [2.75, 3.05) is 13.1 Å². The Morgan fingerprint density at radius 1 is 1.33 bits per heavy atom. The van der Waals surface area contributed by atoms with Gasteiger partial charge in [0.1, 0.15) is 0 Å². The first-order chi connectivity index (χ1) is 11.4. The molecule has 0 aliphatic carbocycles. The molecule has 0 unspecified atom stereocenters. The molecule has 6 heteroatoms. The number of hydrogen-bond donors (Lipinski definition) is 0. The zero-order valence-corrected chi connectivity index (χ0v) is 13.4. The van der Waals surface area contributed by atoms with E-state index < -0.39 is 12.5 Å². The van der Waals surface area contributed by atoms with Gasteiger partial charge in [-0.1, -0.05) is 30.8 Å². The van der Waals surface area contributed by atoms with Crippen LogP contribution in [0.3, 0.4) is 0 Å². The summed E-state index contributed by atoms with van der Waals surface area (Å²) in [5, 5.41) is 0. The Kier molecular flexibility index (Phi) is 4.39. The first-order valence-corrected chi connectivity index (χ1v) is 8.09. The van der Waals surface area contributed by atoms with Crippen LogP contribution < -0.4 is 0 Å². The number of hydrogen-bond acceptors (Lipinski definition) is 2. The number of likely N-dealkylation sites (tertiary alicyclic amines) is 1. The molecule has 1 fully saturated rings. The number of nitrogens with zero attached hydrogens (tertiary/aromatic N) is 2. The van der Waals surface area contributed by atoms with Gasteiger partial charge >= 0.3 is 0 Å². The van der Waals surface area contributed by atoms with Gasteiger partial charge in [-0.15, -0.1) is 0 Å². The highest BCUT2D eigenvalue weighted by atomic mass is 19.3. The molecule has 1 aromatic rings. The van der Waals surface area contributed by atoms with Crippen molar-refractivity contribution >= 4 is 11.8 Å². The Hall–Kier alpha value is -2.24. The first kappa shape index (κ1) is 16.6. The van der Waals surface area contributed by atoms with Gasteiger partial charge in [0.2, 0.25) is 11.8 Å². The molecule has 2 heterocycles. The maximum absolute atomic E-state index is 14.3. The molecule has 0 radical (unpaired) electrons. The van der Waals surface area contributed by atoms with Crippen molar-refractivity contribution in [2.45, 2.75) is 37.8 Å². The van der Waals surface area contributed by atoms with E-state index in [0.717, 1.165) is 6.42 Å². The van der Waals surface area contributed by atoms with Gasteiger partial charge in [-0.05, 0) is 24.5 Å². The molecule has 128 valence electrons. The van der Waals surface area contributed by atoms with Crippen molar-refractivity contribution in [1.29, 1.82) is 0 Å². The quantitative estimate of drug-likeness (QED) is 0.798. The summed E-state index contributed by atoms with van der Waals surface area (Å²) in [7, 11) is 0. The van der Waals surface area contributed by atoms with Crippen LogP contribution in [0.4, 0.5) is 8.78 Å². The number of fused-ring (bicyclic) bond motifs is 1. The molecule has 1 aromatic carbocycles. The summed E-state index contributed by atoms with van der Waals surface area (Å²) in [4.78, 5) is 27.2. The second kappa shape index (κ2) is 6.34. The predicted molar refractivity (Wildman–Crippen MR) is 85.3 cm³/mol. The van der Waals surface area contributed by atoms with Crippen molar-refractivity contribution in [3.63, 3.8) is 0 Å². The van der Waals surface area contributed by atoms with Gasteiger partial charge in [-0.2, -0.15) is 8.78 Å². The van der Waals surface area contributed by atoms with E-state index in [0.29, 0.717) is 18.5 Å². The lowest BCUT2D eigenvalue weighted by molar-refractivity contribution is -0.142. The van der Waals surface area contributed by atoms with E-state index >= 15 is 0 Å². The monoisotopic (exact) mass is 334 g/mol.